The molecule has 2 rings (SSSR count). The van der Waals surface area contributed by atoms with Gasteiger partial charge < -0.3 is 5.32 Å². The highest BCUT2D eigenvalue weighted by atomic mass is 32.1. The zero-order valence-electron chi connectivity index (χ0n) is 12.6. The van der Waals surface area contributed by atoms with E-state index in [4.69, 9.17) is 0 Å². The molecule has 0 saturated carbocycles. The van der Waals surface area contributed by atoms with Crippen molar-refractivity contribution in [3.63, 3.8) is 0 Å². The summed E-state index contributed by atoms with van der Waals surface area (Å²) in [5, 5.41) is 3.30. The first-order valence-corrected chi connectivity index (χ1v) is 8.56. The van der Waals surface area contributed by atoms with Gasteiger partial charge in [-0.2, -0.15) is 0 Å². The molecule has 1 aromatic heterocycles. The molecule has 2 nitrogen and oxygen atoms in total. The second kappa shape index (κ2) is 7.41. The van der Waals surface area contributed by atoms with E-state index in [1.165, 1.54) is 43.5 Å². The van der Waals surface area contributed by atoms with E-state index in [9.17, 15) is 0 Å². The molecule has 0 spiro atoms. The first-order valence-electron chi connectivity index (χ1n) is 7.75. The lowest BCUT2D eigenvalue weighted by molar-refractivity contribution is 0.0988. The first kappa shape index (κ1) is 15.0. The number of hydrogen-bond acceptors (Lipinski definition) is 3. The molecule has 19 heavy (non-hydrogen) atoms. The molecule has 1 fully saturated rings. The summed E-state index contributed by atoms with van der Waals surface area (Å²) in [6, 6.07) is 6.01. The predicted molar refractivity (Wildman–Crippen MR) is 85.0 cm³/mol. The molecule has 108 valence electrons. The van der Waals surface area contributed by atoms with Crippen molar-refractivity contribution in [2.45, 2.75) is 58.0 Å². The number of piperidine rings is 1. The summed E-state index contributed by atoms with van der Waals surface area (Å²) in [7, 11) is 2.06. The highest BCUT2D eigenvalue weighted by Crippen LogP contribution is 2.33. The van der Waals surface area contributed by atoms with Gasteiger partial charge in [-0.05, 0) is 64.9 Å². The summed E-state index contributed by atoms with van der Waals surface area (Å²) < 4.78 is 0. The highest BCUT2D eigenvalue weighted by molar-refractivity contribution is 7.12. The van der Waals surface area contributed by atoms with Crippen LogP contribution in [0.25, 0.3) is 0 Å². The van der Waals surface area contributed by atoms with Gasteiger partial charge in [-0.15, -0.1) is 11.3 Å². The van der Waals surface area contributed by atoms with Gasteiger partial charge in [0.05, 0.1) is 0 Å². The lowest BCUT2D eigenvalue weighted by Crippen LogP contribution is -2.42. The third-order valence-electron chi connectivity index (χ3n) is 4.34. The Balaban J connectivity index is 2.03. The summed E-state index contributed by atoms with van der Waals surface area (Å²) in [6.45, 7) is 7.05. The molecule has 0 amide bonds. The summed E-state index contributed by atoms with van der Waals surface area (Å²) >= 11 is 2.00. The van der Waals surface area contributed by atoms with Gasteiger partial charge in [0.1, 0.15) is 0 Å². The molecule has 0 radical (unpaired) electrons. The maximum Gasteiger partial charge on any atom is 0.0416 e. The van der Waals surface area contributed by atoms with Crippen LogP contribution in [0.1, 0.15) is 55.3 Å². The molecule has 0 aliphatic carbocycles. The van der Waals surface area contributed by atoms with Gasteiger partial charge in [-0.25, -0.2) is 0 Å². The van der Waals surface area contributed by atoms with Crippen molar-refractivity contribution in [3.05, 3.63) is 21.9 Å². The van der Waals surface area contributed by atoms with E-state index < -0.39 is 0 Å². The fourth-order valence-corrected chi connectivity index (χ4v) is 4.15. The van der Waals surface area contributed by atoms with Gasteiger partial charge in [0.25, 0.3) is 0 Å². The van der Waals surface area contributed by atoms with Crippen LogP contribution in [0.2, 0.25) is 0 Å². The Labute approximate surface area is 122 Å². The summed E-state index contributed by atoms with van der Waals surface area (Å²) in [5.74, 6) is 0. The number of hydrogen-bond donors (Lipinski definition) is 1. The van der Waals surface area contributed by atoms with Crippen molar-refractivity contribution < 1.29 is 0 Å². The monoisotopic (exact) mass is 280 g/mol. The zero-order valence-corrected chi connectivity index (χ0v) is 13.4. The first-order chi connectivity index (χ1) is 9.26. The van der Waals surface area contributed by atoms with E-state index in [2.05, 4.69) is 43.2 Å². The number of thiophene rings is 1. The quantitative estimate of drug-likeness (QED) is 0.852. The van der Waals surface area contributed by atoms with Crippen LogP contribution in [0, 0.1) is 0 Å². The Morgan fingerprint density at radius 3 is 2.95 bits per heavy atom. The molecule has 2 unspecified atom stereocenters. The molecule has 1 aliphatic heterocycles. The topological polar surface area (TPSA) is 15.3 Å². The van der Waals surface area contributed by atoms with Crippen LogP contribution >= 0.6 is 11.3 Å². The van der Waals surface area contributed by atoms with Crippen molar-refractivity contribution in [1.29, 1.82) is 0 Å². The Hall–Kier alpha value is -0.380. The number of likely N-dealkylation sites (tertiary alicyclic amines) is 1. The molecule has 1 aromatic rings. The smallest absolute Gasteiger partial charge is 0.0416 e. The molecule has 2 heterocycles. The number of nitrogens with zero attached hydrogens (tertiary/aromatic N) is 1. The fourth-order valence-electron chi connectivity index (χ4n) is 3.13. The highest BCUT2D eigenvalue weighted by Gasteiger charge is 2.27. The molecule has 1 aliphatic rings. The van der Waals surface area contributed by atoms with Crippen LogP contribution in [0.3, 0.4) is 0 Å². The van der Waals surface area contributed by atoms with Crippen molar-refractivity contribution in [2.75, 3.05) is 20.1 Å². The Morgan fingerprint density at radius 2 is 2.26 bits per heavy atom. The van der Waals surface area contributed by atoms with E-state index in [0.717, 1.165) is 12.6 Å². The summed E-state index contributed by atoms with van der Waals surface area (Å²) in [4.78, 5) is 5.81. The second-order valence-electron chi connectivity index (χ2n) is 5.61. The van der Waals surface area contributed by atoms with Crippen LogP contribution in [0.5, 0.6) is 0 Å². The van der Waals surface area contributed by atoms with Crippen molar-refractivity contribution in [2.24, 2.45) is 0 Å². The SMILES string of the molecule is CCc1ccc(C(C)N2CCCCC2CCNC)s1. The normalized spacial score (nSPS) is 22.6. The zero-order chi connectivity index (χ0) is 13.7. The second-order valence-corrected chi connectivity index (χ2v) is 6.81. The van der Waals surface area contributed by atoms with Crippen LogP contribution in [-0.4, -0.2) is 31.1 Å². The minimum Gasteiger partial charge on any atom is -0.320 e. The average Bonchev–Trinajstić information content (AvgIpc) is 2.93. The van der Waals surface area contributed by atoms with Gasteiger partial charge in [0, 0.05) is 21.8 Å². The molecule has 3 heteroatoms. The van der Waals surface area contributed by atoms with Gasteiger partial charge in [-0.3, -0.25) is 4.90 Å². The van der Waals surface area contributed by atoms with E-state index in [1.807, 2.05) is 11.3 Å². The molecule has 1 saturated heterocycles. The maximum atomic E-state index is 3.30. The van der Waals surface area contributed by atoms with E-state index in [1.54, 1.807) is 4.88 Å². The van der Waals surface area contributed by atoms with Crippen LogP contribution in [0.4, 0.5) is 0 Å². The molecule has 0 bridgehead atoms. The lowest BCUT2D eigenvalue weighted by atomic mass is 9.97. The minimum absolute atomic E-state index is 0.590. The van der Waals surface area contributed by atoms with E-state index in [-0.39, 0.29) is 0 Å². The van der Waals surface area contributed by atoms with Crippen LogP contribution in [-0.2, 0) is 6.42 Å². The van der Waals surface area contributed by atoms with Crippen molar-refractivity contribution in [3.8, 4) is 0 Å². The number of aryl methyl sites for hydroxylation is 1. The largest absolute Gasteiger partial charge is 0.320 e. The molecular formula is C16H28N2S. The Morgan fingerprint density at radius 1 is 1.42 bits per heavy atom. The third kappa shape index (κ3) is 3.80. The molecule has 2 atom stereocenters. The van der Waals surface area contributed by atoms with E-state index in [0.29, 0.717) is 6.04 Å². The van der Waals surface area contributed by atoms with Gasteiger partial charge in [0.15, 0.2) is 0 Å². The van der Waals surface area contributed by atoms with Crippen LogP contribution < -0.4 is 5.32 Å². The Kier molecular flexibility index (Phi) is 5.86. The van der Waals surface area contributed by atoms with Crippen molar-refractivity contribution >= 4 is 11.3 Å². The molecule has 1 N–H and O–H groups in total. The van der Waals surface area contributed by atoms with Gasteiger partial charge in [-0.1, -0.05) is 13.3 Å². The lowest BCUT2D eigenvalue weighted by Gasteiger charge is -2.39. The standard InChI is InChI=1S/C16H28N2S/c1-4-15-8-9-16(19-15)13(2)18-12-6-5-7-14(18)10-11-17-3/h8-9,13-14,17H,4-7,10-12H2,1-3H3. The third-order valence-corrected chi connectivity index (χ3v) is 5.74. The number of rotatable bonds is 6. The predicted octanol–water partition coefficient (Wildman–Crippen LogP) is 3.84. The van der Waals surface area contributed by atoms with Crippen molar-refractivity contribution in [1.82, 2.24) is 10.2 Å². The minimum atomic E-state index is 0.590. The van der Waals surface area contributed by atoms with Gasteiger partial charge >= 0.3 is 0 Å². The molecule has 0 aromatic carbocycles. The summed E-state index contributed by atoms with van der Waals surface area (Å²) in [5.41, 5.74) is 0. The Bertz CT molecular complexity index is 375. The fraction of sp³-hybridized carbons (Fsp3) is 0.750. The maximum absolute atomic E-state index is 3.30. The molecular weight excluding hydrogens is 252 g/mol. The summed E-state index contributed by atoms with van der Waals surface area (Å²) in [6.07, 6.45) is 6.60. The van der Waals surface area contributed by atoms with E-state index >= 15 is 0 Å². The van der Waals surface area contributed by atoms with Crippen LogP contribution in [0.15, 0.2) is 12.1 Å². The number of nitrogens with one attached hydrogen (secondary N) is 1. The average molecular weight is 280 g/mol. The van der Waals surface area contributed by atoms with Gasteiger partial charge in [0.2, 0.25) is 0 Å².